The zero-order chi connectivity index (χ0) is 18.6. The van der Waals surface area contributed by atoms with Gasteiger partial charge in [0.2, 0.25) is 5.91 Å². The van der Waals surface area contributed by atoms with Crippen LogP contribution in [0.25, 0.3) is 0 Å². The van der Waals surface area contributed by atoms with Crippen LogP contribution in [0.1, 0.15) is 43.1 Å². The summed E-state index contributed by atoms with van der Waals surface area (Å²) in [5.41, 5.74) is 7.81. The summed E-state index contributed by atoms with van der Waals surface area (Å²) in [6, 6.07) is 8.70. The average Bonchev–Trinajstić information content (AvgIpc) is 2.81. The molecule has 1 aromatic carbocycles. The van der Waals surface area contributed by atoms with Crippen molar-refractivity contribution in [3.8, 4) is 0 Å². The number of hydrogen-bond donors (Lipinski definition) is 1. The zero-order valence-electron chi connectivity index (χ0n) is 15.4. The predicted molar refractivity (Wildman–Crippen MR) is 102 cm³/mol. The van der Waals surface area contributed by atoms with E-state index in [4.69, 9.17) is 18.0 Å². The van der Waals surface area contributed by atoms with Gasteiger partial charge in [0.25, 0.3) is 0 Å². The van der Waals surface area contributed by atoms with Crippen LogP contribution in [0, 0.1) is 4.77 Å². The van der Waals surface area contributed by atoms with Gasteiger partial charge < -0.3 is 10.3 Å². The van der Waals surface area contributed by atoms with Crippen LogP contribution in [0.5, 0.6) is 0 Å². The third-order valence-corrected chi connectivity index (χ3v) is 4.68. The SMILES string of the molecule is CC(C)c1ccc(CN(C)Cn2nc(CCC(N)=O)n(C)c2=S)cc1. The van der Waals surface area contributed by atoms with E-state index in [2.05, 4.69) is 48.1 Å². The first-order chi connectivity index (χ1) is 11.8. The summed E-state index contributed by atoms with van der Waals surface area (Å²) in [7, 11) is 3.91. The lowest BCUT2D eigenvalue weighted by molar-refractivity contribution is -0.118. The normalized spacial score (nSPS) is 11.4. The van der Waals surface area contributed by atoms with E-state index in [0.717, 1.165) is 12.4 Å². The fourth-order valence-corrected chi connectivity index (χ4v) is 2.88. The fraction of sp³-hybridized carbons (Fsp3) is 0.500. The number of carbonyl (C=O) groups is 1. The van der Waals surface area contributed by atoms with Crippen molar-refractivity contribution in [2.75, 3.05) is 7.05 Å². The highest BCUT2D eigenvalue weighted by Gasteiger charge is 2.11. The summed E-state index contributed by atoms with van der Waals surface area (Å²) in [6.07, 6.45) is 0.778. The standard InChI is InChI=1S/C18H27N5OS/c1-13(2)15-7-5-14(6-8-15)11-21(3)12-23-18(25)22(4)17(20-23)10-9-16(19)24/h5-8,13H,9-12H2,1-4H3,(H2,19,24). The molecule has 1 aromatic heterocycles. The van der Waals surface area contributed by atoms with Crippen molar-refractivity contribution in [1.82, 2.24) is 19.2 Å². The Morgan fingerprint density at radius 2 is 1.96 bits per heavy atom. The maximum Gasteiger partial charge on any atom is 0.217 e. The van der Waals surface area contributed by atoms with Crippen molar-refractivity contribution >= 4 is 18.1 Å². The summed E-state index contributed by atoms with van der Waals surface area (Å²) in [4.78, 5) is 13.1. The van der Waals surface area contributed by atoms with E-state index in [9.17, 15) is 4.79 Å². The number of nitrogens with two attached hydrogens (primary N) is 1. The van der Waals surface area contributed by atoms with Crippen LogP contribution >= 0.6 is 12.2 Å². The second kappa shape index (κ2) is 8.40. The topological polar surface area (TPSA) is 69.1 Å². The molecule has 0 fully saturated rings. The minimum absolute atomic E-state index is 0.275. The van der Waals surface area contributed by atoms with Crippen LogP contribution < -0.4 is 5.73 Å². The number of nitrogens with zero attached hydrogens (tertiary/aromatic N) is 4. The summed E-state index contributed by atoms with van der Waals surface area (Å²) < 4.78 is 4.26. The third kappa shape index (κ3) is 5.24. The van der Waals surface area contributed by atoms with Gasteiger partial charge in [-0.3, -0.25) is 9.69 Å². The number of hydrogen-bond acceptors (Lipinski definition) is 4. The van der Waals surface area contributed by atoms with E-state index in [1.165, 1.54) is 11.1 Å². The lowest BCUT2D eigenvalue weighted by atomic mass is 10.0. The van der Waals surface area contributed by atoms with E-state index >= 15 is 0 Å². The molecule has 0 bridgehead atoms. The number of aryl methyl sites for hydroxylation is 1. The monoisotopic (exact) mass is 361 g/mol. The van der Waals surface area contributed by atoms with Crippen LogP contribution in [-0.2, 0) is 31.5 Å². The highest BCUT2D eigenvalue weighted by molar-refractivity contribution is 7.71. The Labute approximate surface area is 154 Å². The molecule has 7 heteroatoms. The van der Waals surface area contributed by atoms with Gasteiger partial charge in [-0.15, -0.1) is 0 Å². The van der Waals surface area contributed by atoms with Crippen molar-refractivity contribution in [3.63, 3.8) is 0 Å². The van der Waals surface area contributed by atoms with Crippen LogP contribution in [0.4, 0.5) is 0 Å². The Morgan fingerprint density at radius 3 is 2.52 bits per heavy atom. The van der Waals surface area contributed by atoms with E-state index in [1.54, 1.807) is 4.68 Å². The summed E-state index contributed by atoms with van der Waals surface area (Å²) >= 11 is 5.44. The van der Waals surface area contributed by atoms with Crippen LogP contribution in [0.15, 0.2) is 24.3 Å². The van der Waals surface area contributed by atoms with Crippen molar-refractivity contribution < 1.29 is 4.79 Å². The maximum absolute atomic E-state index is 11.0. The van der Waals surface area contributed by atoms with Crippen molar-refractivity contribution in [1.29, 1.82) is 0 Å². The van der Waals surface area contributed by atoms with E-state index in [1.807, 2.05) is 18.7 Å². The second-order valence-corrected chi connectivity index (χ2v) is 7.14. The number of benzene rings is 1. The average molecular weight is 362 g/mol. The Kier molecular flexibility index (Phi) is 6.50. The van der Waals surface area contributed by atoms with Gasteiger partial charge in [0.05, 0.1) is 6.67 Å². The molecule has 1 amide bonds. The maximum atomic E-state index is 11.0. The molecule has 0 spiro atoms. The van der Waals surface area contributed by atoms with Gasteiger partial charge in [-0.2, -0.15) is 5.10 Å². The molecule has 2 rings (SSSR count). The summed E-state index contributed by atoms with van der Waals surface area (Å²) in [6.45, 7) is 5.79. The third-order valence-electron chi connectivity index (χ3n) is 4.20. The minimum Gasteiger partial charge on any atom is -0.370 e. The molecule has 0 radical (unpaired) electrons. The molecular formula is C18H27N5OS. The quantitative estimate of drug-likeness (QED) is 0.734. The molecule has 2 aromatic rings. The molecule has 25 heavy (non-hydrogen) atoms. The van der Waals surface area contributed by atoms with Crippen LogP contribution in [0.3, 0.4) is 0 Å². The number of rotatable bonds is 8. The molecule has 0 saturated carbocycles. The Morgan fingerprint density at radius 1 is 1.32 bits per heavy atom. The highest BCUT2D eigenvalue weighted by atomic mass is 32.1. The molecule has 0 aliphatic carbocycles. The molecule has 0 unspecified atom stereocenters. The first kappa shape index (κ1) is 19.3. The summed E-state index contributed by atoms with van der Waals surface area (Å²) in [5.74, 6) is 0.985. The van der Waals surface area contributed by atoms with Crippen molar-refractivity contribution in [2.45, 2.75) is 45.8 Å². The van der Waals surface area contributed by atoms with E-state index < -0.39 is 0 Å². The van der Waals surface area contributed by atoms with Crippen molar-refractivity contribution in [2.24, 2.45) is 12.8 Å². The van der Waals surface area contributed by atoms with E-state index in [0.29, 0.717) is 23.8 Å². The molecule has 0 atom stereocenters. The zero-order valence-corrected chi connectivity index (χ0v) is 16.2. The minimum atomic E-state index is -0.331. The fourth-order valence-electron chi connectivity index (χ4n) is 2.68. The van der Waals surface area contributed by atoms with Gasteiger partial charge in [-0.05, 0) is 36.3 Å². The molecule has 6 nitrogen and oxygen atoms in total. The van der Waals surface area contributed by atoms with Gasteiger partial charge in [0, 0.05) is 26.4 Å². The molecule has 1 heterocycles. The first-order valence-electron chi connectivity index (χ1n) is 8.46. The number of carbonyl (C=O) groups excluding carboxylic acids is 1. The van der Waals surface area contributed by atoms with Gasteiger partial charge in [-0.1, -0.05) is 38.1 Å². The predicted octanol–water partition coefficient (Wildman–Crippen LogP) is 2.58. The lowest BCUT2D eigenvalue weighted by Crippen LogP contribution is -2.22. The Hall–Kier alpha value is -1.99. The molecule has 0 saturated heterocycles. The number of aromatic nitrogens is 3. The largest absolute Gasteiger partial charge is 0.370 e. The van der Waals surface area contributed by atoms with Gasteiger partial charge >= 0.3 is 0 Å². The Bertz CT molecular complexity index is 776. The Balaban J connectivity index is 2.02. The van der Waals surface area contributed by atoms with Crippen LogP contribution in [-0.4, -0.2) is 32.2 Å². The molecular weight excluding hydrogens is 334 g/mol. The number of amides is 1. The van der Waals surface area contributed by atoms with E-state index in [-0.39, 0.29) is 12.3 Å². The second-order valence-electron chi connectivity index (χ2n) is 6.78. The molecule has 2 N–H and O–H groups in total. The smallest absolute Gasteiger partial charge is 0.217 e. The number of primary amides is 1. The van der Waals surface area contributed by atoms with Gasteiger partial charge in [-0.25, -0.2) is 4.68 Å². The first-order valence-corrected chi connectivity index (χ1v) is 8.87. The molecule has 0 aliphatic heterocycles. The van der Waals surface area contributed by atoms with Crippen molar-refractivity contribution in [3.05, 3.63) is 46.0 Å². The van der Waals surface area contributed by atoms with Gasteiger partial charge in [0.15, 0.2) is 4.77 Å². The van der Waals surface area contributed by atoms with Gasteiger partial charge in [0.1, 0.15) is 5.82 Å². The van der Waals surface area contributed by atoms with Crippen LogP contribution in [0.2, 0.25) is 0 Å². The summed E-state index contributed by atoms with van der Waals surface area (Å²) in [5, 5.41) is 4.53. The molecule has 0 aliphatic rings. The lowest BCUT2D eigenvalue weighted by Gasteiger charge is -2.17. The molecule has 136 valence electrons. The highest BCUT2D eigenvalue weighted by Crippen LogP contribution is 2.15.